The number of hydrogen-bond donors (Lipinski definition) is 4. The Morgan fingerprint density at radius 1 is 0.904 bits per heavy atom. The molecule has 0 radical (unpaired) electrons. The molecule has 4 fully saturated rings. The SMILES string of the molecule is CO[C@@H]1COCC[C@@H]1N[C@@H]1CC[C@](CCCCNC(=O)[C@H]2CC[C@@H](NC(=O)CCOCCOCCOCCNC(=O)[C@H]3CC(=O)N(C)[C@@H]3c3cccnc3)CC2)(C(=O)N2CCc3ncc(C(F)(F)F)cc3C2)C1. The number of carbonyl (C=O) groups is 5. The second-order valence-electron chi connectivity index (χ2n) is 20.2. The van der Waals surface area contributed by atoms with Crippen molar-refractivity contribution in [2.24, 2.45) is 17.3 Å². The van der Waals surface area contributed by atoms with Gasteiger partial charge in [0.1, 0.15) is 0 Å². The first-order chi connectivity index (χ1) is 35.2. The molecule has 5 aliphatic rings. The first-order valence-electron chi connectivity index (χ1n) is 26.2. The molecule has 0 aromatic carbocycles. The highest BCUT2D eigenvalue weighted by atomic mass is 19.4. The molecule has 7 rings (SSSR count). The van der Waals surface area contributed by atoms with Crippen molar-refractivity contribution < 1.29 is 60.8 Å². The number of methoxy groups -OCH3 is 1. The van der Waals surface area contributed by atoms with Crippen molar-refractivity contribution in [3.63, 3.8) is 0 Å². The number of ether oxygens (including phenoxy) is 5. The molecule has 0 spiro atoms. The number of likely N-dealkylation sites (tertiary alicyclic amines) is 1. The van der Waals surface area contributed by atoms with E-state index in [1.54, 1.807) is 42.4 Å². The maximum Gasteiger partial charge on any atom is 0.417 e. The van der Waals surface area contributed by atoms with Crippen molar-refractivity contribution in [1.29, 1.82) is 0 Å². The van der Waals surface area contributed by atoms with Gasteiger partial charge in [0.05, 0.1) is 75.3 Å². The lowest BCUT2D eigenvalue weighted by atomic mass is 9.78. The van der Waals surface area contributed by atoms with Crippen molar-refractivity contribution >= 4 is 29.5 Å². The van der Waals surface area contributed by atoms with Crippen LogP contribution in [0.5, 0.6) is 0 Å². The normalized spacial score (nSPS) is 26.4. The standard InChI is InChI=1S/C52H75F3N8O10/c1-62-46(65)29-41(47(62)36-6-5-17-56-31-36)49(67)58-19-23-71-25-27-72-26-24-70-22-14-45(64)61-39-9-7-35(8-10-39)48(66)57-18-4-3-15-51(16-11-40(30-51)60-43-13-21-73-34-44(43)69-2)50(68)63-20-12-42-37(33-63)28-38(32-59-42)52(53,54)55/h5-6,17,28,31-32,35,39-41,43-44,47,60H,3-4,7-16,18-27,29-30,33-34H2,1-2H3,(H,57,66)(H,58,67)(H,61,64)/t35-,39+,40-,41+,43+,44-,47-,51+/m1/s1. The molecular weight excluding hydrogens is 954 g/mol. The Balaban J connectivity index is 0.731. The van der Waals surface area contributed by atoms with Crippen LogP contribution in [0, 0.1) is 17.3 Å². The zero-order valence-electron chi connectivity index (χ0n) is 42.4. The van der Waals surface area contributed by atoms with Gasteiger partial charge in [-0.3, -0.25) is 33.9 Å². The molecule has 6 atom stereocenters. The van der Waals surface area contributed by atoms with Crippen LogP contribution in [0.3, 0.4) is 0 Å². The number of rotatable bonds is 25. The Labute approximate surface area is 426 Å². The van der Waals surface area contributed by atoms with E-state index in [0.29, 0.717) is 141 Å². The fraction of sp³-hybridized carbons (Fsp3) is 0.712. The molecule has 2 saturated carbocycles. The van der Waals surface area contributed by atoms with Gasteiger partial charge >= 0.3 is 6.18 Å². The molecule has 2 aromatic heterocycles. The average Bonchev–Trinajstić information content (AvgIpc) is 3.95. The van der Waals surface area contributed by atoms with E-state index >= 15 is 0 Å². The van der Waals surface area contributed by atoms with Crippen molar-refractivity contribution in [3.8, 4) is 0 Å². The van der Waals surface area contributed by atoms with Gasteiger partial charge in [-0.2, -0.15) is 13.2 Å². The summed E-state index contributed by atoms with van der Waals surface area (Å²) in [4.78, 5) is 77.2. The van der Waals surface area contributed by atoms with E-state index in [1.165, 1.54) is 0 Å². The maximum absolute atomic E-state index is 14.5. The number of halogens is 3. The van der Waals surface area contributed by atoms with Crippen molar-refractivity contribution in [2.45, 2.75) is 133 Å². The van der Waals surface area contributed by atoms with Crippen LogP contribution in [0.1, 0.15) is 112 Å². The quantitative estimate of drug-likeness (QED) is 0.104. The number of carbonyl (C=O) groups excluding carboxylic acids is 5. The fourth-order valence-corrected chi connectivity index (χ4v) is 11.3. The molecule has 4 N–H and O–H groups in total. The molecule has 21 heteroatoms. The largest absolute Gasteiger partial charge is 0.417 e. The number of nitrogens with zero attached hydrogens (tertiary/aromatic N) is 4. The first kappa shape index (κ1) is 55.9. The van der Waals surface area contributed by atoms with Gasteiger partial charge < -0.3 is 54.8 Å². The smallest absolute Gasteiger partial charge is 0.379 e. The molecule has 3 aliphatic heterocycles. The highest BCUT2D eigenvalue weighted by Gasteiger charge is 2.48. The van der Waals surface area contributed by atoms with E-state index in [0.717, 1.165) is 30.7 Å². The summed E-state index contributed by atoms with van der Waals surface area (Å²) in [5, 5.41) is 12.8. The van der Waals surface area contributed by atoms with Gasteiger partial charge in [0, 0.05) is 115 Å². The minimum atomic E-state index is -4.52. The molecular formula is C52H75F3N8O10. The predicted molar refractivity (Wildman–Crippen MR) is 260 cm³/mol. The minimum absolute atomic E-state index is 0.00220. The number of pyridine rings is 2. The van der Waals surface area contributed by atoms with Crippen LogP contribution in [-0.2, 0) is 66.8 Å². The highest BCUT2D eigenvalue weighted by molar-refractivity contribution is 5.90. The Morgan fingerprint density at radius 2 is 1.66 bits per heavy atom. The summed E-state index contributed by atoms with van der Waals surface area (Å²) in [6.07, 6.45) is 7.94. The Hall–Kier alpha value is -4.80. The molecule has 5 amide bonds. The predicted octanol–water partition coefficient (Wildman–Crippen LogP) is 4.05. The van der Waals surface area contributed by atoms with E-state index in [4.69, 9.17) is 23.7 Å². The number of amides is 5. The van der Waals surface area contributed by atoms with Crippen molar-refractivity contribution in [2.75, 3.05) is 86.6 Å². The third-order valence-corrected chi connectivity index (χ3v) is 15.3. The third-order valence-electron chi connectivity index (χ3n) is 15.3. The number of unbranched alkanes of at least 4 members (excludes halogenated alkanes) is 1. The molecule has 2 aromatic rings. The summed E-state index contributed by atoms with van der Waals surface area (Å²) in [5.41, 5.74) is 0.365. The Kier molecular flexibility index (Phi) is 20.8. The second-order valence-corrected chi connectivity index (χ2v) is 20.2. The van der Waals surface area contributed by atoms with Gasteiger partial charge in [0.15, 0.2) is 0 Å². The number of fused-ring (bicyclic) bond motifs is 1. The summed E-state index contributed by atoms with van der Waals surface area (Å²) in [7, 11) is 3.37. The maximum atomic E-state index is 14.5. The monoisotopic (exact) mass is 1030 g/mol. The van der Waals surface area contributed by atoms with Crippen LogP contribution < -0.4 is 21.3 Å². The summed E-state index contributed by atoms with van der Waals surface area (Å²) < 4.78 is 68.8. The highest BCUT2D eigenvalue weighted by Crippen LogP contribution is 2.45. The van der Waals surface area contributed by atoms with Gasteiger partial charge in [-0.25, -0.2) is 0 Å². The lowest BCUT2D eigenvalue weighted by Crippen LogP contribution is -2.51. The van der Waals surface area contributed by atoms with E-state index in [-0.39, 0.29) is 91.7 Å². The van der Waals surface area contributed by atoms with Crippen LogP contribution in [0.2, 0.25) is 0 Å². The zero-order valence-corrected chi connectivity index (χ0v) is 42.4. The van der Waals surface area contributed by atoms with Crippen LogP contribution >= 0.6 is 0 Å². The Morgan fingerprint density at radius 3 is 2.40 bits per heavy atom. The molecule has 2 saturated heterocycles. The number of aromatic nitrogens is 2. The minimum Gasteiger partial charge on any atom is -0.379 e. The fourth-order valence-electron chi connectivity index (χ4n) is 11.3. The topological polar surface area (TPSA) is 212 Å². The average molecular weight is 1030 g/mol. The van der Waals surface area contributed by atoms with Gasteiger partial charge in [-0.05, 0) is 87.5 Å². The molecule has 2 aliphatic carbocycles. The summed E-state index contributed by atoms with van der Waals surface area (Å²) in [6, 6.07) is 4.59. The van der Waals surface area contributed by atoms with Crippen LogP contribution in [0.25, 0.3) is 0 Å². The summed E-state index contributed by atoms with van der Waals surface area (Å²) >= 11 is 0. The Bertz CT molecular complexity index is 2130. The summed E-state index contributed by atoms with van der Waals surface area (Å²) in [5.74, 6) is -1.06. The molecule has 18 nitrogen and oxygen atoms in total. The lowest BCUT2D eigenvalue weighted by Gasteiger charge is -2.38. The second kappa shape index (κ2) is 27.1. The van der Waals surface area contributed by atoms with Crippen molar-refractivity contribution in [1.82, 2.24) is 41.0 Å². The number of hydrogen-bond acceptors (Lipinski definition) is 13. The van der Waals surface area contributed by atoms with E-state index in [9.17, 15) is 37.1 Å². The summed E-state index contributed by atoms with van der Waals surface area (Å²) in [6.45, 7) is 4.29. The van der Waals surface area contributed by atoms with Crippen molar-refractivity contribution in [3.05, 3.63) is 59.2 Å². The van der Waals surface area contributed by atoms with Crippen LogP contribution in [-0.4, -0.2) is 160 Å². The lowest BCUT2D eigenvalue weighted by molar-refractivity contribution is -0.144. The molecule has 73 heavy (non-hydrogen) atoms. The molecule has 404 valence electrons. The number of nitrogens with one attached hydrogen (secondary N) is 4. The van der Waals surface area contributed by atoms with Crippen LogP contribution in [0.15, 0.2) is 36.8 Å². The van der Waals surface area contributed by atoms with Gasteiger partial charge in [-0.15, -0.1) is 0 Å². The molecule has 5 heterocycles. The van der Waals surface area contributed by atoms with Gasteiger partial charge in [-0.1, -0.05) is 12.5 Å². The first-order valence-corrected chi connectivity index (χ1v) is 26.2. The third kappa shape index (κ3) is 15.6. The van der Waals surface area contributed by atoms with E-state index < -0.39 is 23.1 Å². The van der Waals surface area contributed by atoms with Gasteiger partial charge in [0.25, 0.3) is 0 Å². The van der Waals surface area contributed by atoms with Gasteiger partial charge in [0.2, 0.25) is 29.5 Å². The van der Waals surface area contributed by atoms with E-state index in [1.807, 2.05) is 6.07 Å². The zero-order chi connectivity index (χ0) is 51.8. The van der Waals surface area contributed by atoms with E-state index in [2.05, 4.69) is 31.2 Å². The number of alkyl halides is 3. The molecule has 0 unspecified atom stereocenters. The van der Waals surface area contributed by atoms with Crippen LogP contribution in [0.4, 0.5) is 13.2 Å². The molecule has 0 bridgehead atoms.